The molecule has 0 radical (unpaired) electrons. The molecule has 0 aliphatic heterocycles. The summed E-state index contributed by atoms with van der Waals surface area (Å²) in [6, 6.07) is 0. The van der Waals surface area contributed by atoms with Crippen LogP contribution in [0.3, 0.4) is 0 Å². The highest BCUT2D eigenvalue weighted by Crippen LogP contribution is 2.43. The van der Waals surface area contributed by atoms with E-state index in [-0.39, 0.29) is 23.6 Å². The van der Waals surface area contributed by atoms with E-state index < -0.39 is 0 Å². The topological polar surface area (TPSA) is 46.5 Å². The maximum atomic E-state index is 12.1. The number of hydrogen-bond donors (Lipinski definition) is 1. The predicted molar refractivity (Wildman–Crippen MR) is 70.0 cm³/mol. The molecule has 0 aromatic rings. The second-order valence-electron chi connectivity index (χ2n) is 7.03. The second kappa shape index (κ2) is 5.20. The Morgan fingerprint density at radius 1 is 1.06 bits per heavy atom. The molecule has 0 heterocycles. The van der Waals surface area contributed by atoms with Gasteiger partial charge in [-0.3, -0.25) is 4.79 Å². The van der Waals surface area contributed by atoms with Crippen molar-refractivity contribution in [2.45, 2.75) is 71.0 Å². The molecule has 0 saturated heterocycles. The van der Waals surface area contributed by atoms with E-state index in [4.69, 9.17) is 4.74 Å². The van der Waals surface area contributed by atoms with Crippen LogP contribution in [0.15, 0.2) is 0 Å². The van der Waals surface area contributed by atoms with Gasteiger partial charge in [0.1, 0.15) is 5.60 Å². The first-order valence-corrected chi connectivity index (χ1v) is 7.26. The van der Waals surface area contributed by atoms with Crippen molar-refractivity contribution in [3.8, 4) is 0 Å². The zero-order valence-corrected chi connectivity index (χ0v) is 11.8. The smallest absolute Gasteiger partial charge is 0.309 e. The van der Waals surface area contributed by atoms with E-state index in [1.54, 1.807) is 0 Å². The highest BCUT2D eigenvalue weighted by atomic mass is 16.6. The number of aliphatic hydroxyl groups is 1. The summed E-state index contributed by atoms with van der Waals surface area (Å²) in [5.41, 5.74) is -0.389. The van der Waals surface area contributed by atoms with Gasteiger partial charge < -0.3 is 9.84 Å². The number of rotatable bonds is 1. The van der Waals surface area contributed by atoms with Gasteiger partial charge in [0.15, 0.2) is 0 Å². The van der Waals surface area contributed by atoms with Gasteiger partial charge in [-0.05, 0) is 71.1 Å². The van der Waals surface area contributed by atoms with E-state index in [9.17, 15) is 9.90 Å². The number of fused-ring (bicyclic) bond motifs is 1. The fourth-order valence-corrected chi connectivity index (χ4v) is 3.47. The maximum Gasteiger partial charge on any atom is 0.309 e. The van der Waals surface area contributed by atoms with Crippen LogP contribution in [0.1, 0.15) is 59.3 Å². The van der Waals surface area contributed by atoms with Crippen molar-refractivity contribution in [1.82, 2.24) is 0 Å². The first-order chi connectivity index (χ1) is 8.35. The molecule has 0 aromatic carbocycles. The van der Waals surface area contributed by atoms with Crippen molar-refractivity contribution in [3.63, 3.8) is 0 Å². The van der Waals surface area contributed by atoms with E-state index in [0.717, 1.165) is 44.4 Å². The van der Waals surface area contributed by atoms with E-state index in [1.165, 1.54) is 0 Å². The highest BCUT2D eigenvalue weighted by molar-refractivity contribution is 5.73. The number of carbonyl (C=O) groups is 1. The van der Waals surface area contributed by atoms with E-state index in [0.29, 0.717) is 5.92 Å². The summed E-state index contributed by atoms with van der Waals surface area (Å²) in [7, 11) is 0. The average Bonchev–Trinajstić information content (AvgIpc) is 2.25. The molecule has 0 aromatic heterocycles. The van der Waals surface area contributed by atoms with E-state index in [1.807, 2.05) is 20.8 Å². The monoisotopic (exact) mass is 254 g/mol. The molecule has 1 N–H and O–H groups in total. The normalized spacial score (nSPS) is 36.9. The Morgan fingerprint density at radius 3 is 2.39 bits per heavy atom. The Balaban J connectivity index is 1.91. The minimum atomic E-state index is -0.389. The van der Waals surface area contributed by atoms with Crippen LogP contribution in [0.2, 0.25) is 0 Å². The summed E-state index contributed by atoms with van der Waals surface area (Å²) in [5, 5.41) is 9.74. The highest BCUT2D eigenvalue weighted by Gasteiger charge is 2.38. The van der Waals surface area contributed by atoms with E-state index >= 15 is 0 Å². The summed E-state index contributed by atoms with van der Waals surface area (Å²) < 4.78 is 5.48. The second-order valence-corrected chi connectivity index (χ2v) is 7.03. The van der Waals surface area contributed by atoms with Gasteiger partial charge in [0.2, 0.25) is 0 Å². The van der Waals surface area contributed by atoms with Crippen LogP contribution < -0.4 is 0 Å². The molecule has 2 saturated carbocycles. The molecule has 2 rings (SSSR count). The van der Waals surface area contributed by atoms with Gasteiger partial charge >= 0.3 is 5.97 Å². The fraction of sp³-hybridized carbons (Fsp3) is 0.933. The van der Waals surface area contributed by atoms with Gasteiger partial charge in [-0.1, -0.05) is 0 Å². The Kier molecular flexibility index (Phi) is 4.00. The first kappa shape index (κ1) is 13.9. The predicted octanol–water partition coefficient (Wildman–Crippen LogP) is 2.91. The van der Waals surface area contributed by atoms with Gasteiger partial charge in [-0.15, -0.1) is 0 Å². The molecule has 2 fully saturated rings. The van der Waals surface area contributed by atoms with Crippen LogP contribution in [-0.2, 0) is 9.53 Å². The van der Waals surface area contributed by atoms with Crippen molar-refractivity contribution in [2.75, 3.05) is 0 Å². The zero-order valence-electron chi connectivity index (χ0n) is 11.8. The Labute approximate surface area is 110 Å². The molecule has 3 nitrogen and oxygen atoms in total. The lowest BCUT2D eigenvalue weighted by atomic mass is 9.67. The Hall–Kier alpha value is -0.570. The van der Waals surface area contributed by atoms with Gasteiger partial charge in [0.05, 0.1) is 12.0 Å². The van der Waals surface area contributed by atoms with E-state index in [2.05, 4.69) is 0 Å². The van der Waals surface area contributed by atoms with Crippen LogP contribution in [-0.4, -0.2) is 22.8 Å². The largest absolute Gasteiger partial charge is 0.460 e. The minimum absolute atomic E-state index is 0.0407. The minimum Gasteiger partial charge on any atom is -0.460 e. The number of hydrogen-bond acceptors (Lipinski definition) is 3. The van der Waals surface area contributed by atoms with Crippen LogP contribution in [0.5, 0.6) is 0 Å². The van der Waals surface area contributed by atoms with Crippen LogP contribution in [0.4, 0.5) is 0 Å². The molecule has 0 bridgehead atoms. The van der Waals surface area contributed by atoms with Crippen molar-refractivity contribution in [2.24, 2.45) is 17.8 Å². The molecule has 0 spiro atoms. The first-order valence-electron chi connectivity index (χ1n) is 7.26. The van der Waals surface area contributed by atoms with Crippen LogP contribution in [0, 0.1) is 17.8 Å². The molecule has 18 heavy (non-hydrogen) atoms. The van der Waals surface area contributed by atoms with Crippen LogP contribution >= 0.6 is 0 Å². The molecule has 0 amide bonds. The van der Waals surface area contributed by atoms with Gasteiger partial charge in [0, 0.05) is 0 Å². The molecular weight excluding hydrogens is 228 g/mol. The zero-order chi connectivity index (χ0) is 13.3. The Bertz CT molecular complexity index is 305. The SMILES string of the molecule is CC(C)(C)OC(=O)C1CCC2CCC(O)CC2C1. The van der Waals surface area contributed by atoms with Crippen LogP contribution in [0.25, 0.3) is 0 Å². The van der Waals surface area contributed by atoms with Crippen molar-refractivity contribution >= 4 is 5.97 Å². The summed E-state index contributed by atoms with van der Waals surface area (Å²) in [5.74, 6) is 1.27. The number of ether oxygens (including phenoxy) is 1. The maximum absolute atomic E-state index is 12.1. The lowest BCUT2D eigenvalue weighted by molar-refractivity contribution is -0.162. The molecule has 2 aliphatic rings. The lowest BCUT2D eigenvalue weighted by Gasteiger charge is -2.40. The summed E-state index contributed by atoms with van der Waals surface area (Å²) in [6.45, 7) is 5.75. The van der Waals surface area contributed by atoms with Crippen molar-refractivity contribution < 1.29 is 14.6 Å². The molecular formula is C15H26O3. The summed E-state index contributed by atoms with van der Waals surface area (Å²) >= 11 is 0. The average molecular weight is 254 g/mol. The van der Waals surface area contributed by atoms with Gasteiger partial charge in [-0.25, -0.2) is 0 Å². The fourth-order valence-electron chi connectivity index (χ4n) is 3.47. The van der Waals surface area contributed by atoms with Gasteiger partial charge in [-0.2, -0.15) is 0 Å². The Morgan fingerprint density at radius 2 is 1.72 bits per heavy atom. The number of esters is 1. The number of carbonyl (C=O) groups excluding carboxylic acids is 1. The molecule has 4 atom stereocenters. The van der Waals surface area contributed by atoms with Crippen molar-refractivity contribution in [3.05, 3.63) is 0 Å². The molecule has 4 unspecified atom stereocenters. The third-order valence-corrected chi connectivity index (χ3v) is 4.33. The summed E-state index contributed by atoms with van der Waals surface area (Å²) in [4.78, 5) is 12.1. The standard InChI is InChI=1S/C15H26O3/c1-15(2,3)18-14(17)11-5-4-10-6-7-13(16)9-12(10)8-11/h10-13,16H,4-9H2,1-3H3. The molecule has 2 aliphatic carbocycles. The van der Waals surface area contributed by atoms with Gasteiger partial charge in [0.25, 0.3) is 0 Å². The molecule has 104 valence electrons. The lowest BCUT2D eigenvalue weighted by Crippen LogP contribution is -2.37. The molecule has 3 heteroatoms. The summed E-state index contributed by atoms with van der Waals surface area (Å²) in [6.07, 6.45) is 5.81. The quantitative estimate of drug-likeness (QED) is 0.732. The number of aliphatic hydroxyl groups excluding tert-OH is 1. The van der Waals surface area contributed by atoms with Crippen molar-refractivity contribution in [1.29, 1.82) is 0 Å². The third kappa shape index (κ3) is 3.47. The third-order valence-electron chi connectivity index (χ3n) is 4.33.